The predicted octanol–water partition coefficient (Wildman–Crippen LogP) is 5.78. The molecule has 1 fully saturated rings. The van der Waals surface area contributed by atoms with Crippen LogP contribution >= 0.6 is 11.6 Å². The van der Waals surface area contributed by atoms with Crippen molar-refractivity contribution in [3.05, 3.63) is 129 Å². The minimum absolute atomic E-state index is 0.106. The van der Waals surface area contributed by atoms with Gasteiger partial charge < -0.3 is 14.4 Å². The normalized spacial score (nSPS) is 15.2. The van der Waals surface area contributed by atoms with E-state index in [0.717, 1.165) is 0 Å². The Morgan fingerprint density at radius 3 is 2.17 bits per heavy atom. The fourth-order valence-corrected chi connectivity index (χ4v) is 7.06. The van der Waals surface area contributed by atoms with Gasteiger partial charge in [0.2, 0.25) is 0 Å². The quantitative estimate of drug-likeness (QED) is 0.149. The lowest BCUT2D eigenvalue weighted by molar-refractivity contribution is -0.135. The SMILES string of the molecule is CCOc1ccccc1-n1c(C(CCCN2C(=O)c3ccccc3C2=O)N2CCN(C(=O)COc3ccc(Cl)cc3)CC2)nc2ccccc2c1=O. The molecule has 7 rings (SSSR count). The van der Waals surface area contributed by atoms with Crippen molar-refractivity contribution in [2.75, 3.05) is 45.9 Å². The zero-order valence-electron chi connectivity index (χ0n) is 28.7. The molecule has 1 unspecified atom stereocenters. The third-order valence-corrected chi connectivity index (χ3v) is 9.78. The van der Waals surface area contributed by atoms with Gasteiger partial charge in [-0.15, -0.1) is 0 Å². The van der Waals surface area contributed by atoms with E-state index in [1.165, 1.54) is 4.90 Å². The monoisotopic (exact) mass is 719 g/mol. The summed E-state index contributed by atoms with van der Waals surface area (Å²) in [5.74, 6) is 0.869. The van der Waals surface area contributed by atoms with Crippen LogP contribution in [0, 0.1) is 0 Å². The highest BCUT2D eigenvalue weighted by molar-refractivity contribution is 6.30. The van der Waals surface area contributed by atoms with E-state index in [0.29, 0.717) is 95.7 Å². The van der Waals surface area contributed by atoms with Crippen molar-refractivity contribution in [3.63, 3.8) is 0 Å². The molecule has 0 spiro atoms. The summed E-state index contributed by atoms with van der Waals surface area (Å²) in [6.07, 6.45) is 0.933. The van der Waals surface area contributed by atoms with Gasteiger partial charge in [-0.25, -0.2) is 4.98 Å². The van der Waals surface area contributed by atoms with Crippen LogP contribution in [0.5, 0.6) is 11.5 Å². The molecule has 3 amide bonds. The summed E-state index contributed by atoms with van der Waals surface area (Å²) < 4.78 is 13.4. The number of hydrogen-bond acceptors (Lipinski definition) is 8. The number of halogens is 1. The molecule has 266 valence electrons. The van der Waals surface area contributed by atoms with Crippen molar-refractivity contribution in [2.45, 2.75) is 25.8 Å². The van der Waals surface area contributed by atoms with Crippen LogP contribution in [0.4, 0.5) is 0 Å². The molecule has 1 aromatic heterocycles. The maximum atomic E-state index is 14.4. The Bertz CT molecular complexity index is 2150. The smallest absolute Gasteiger partial charge is 0.266 e. The topological polar surface area (TPSA) is 114 Å². The molecule has 0 N–H and O–H groups in total. The lowest BCUT2D eigenvalue weighted by Gasteiger charge is -2.39. The number of amides is 3. The summed E-state index contributed by atoms with van der Waals surface area (Å²) in [5.41, 5.74) is 1.71. The maximum Gasteiger partial charge on any atom is 0.266 e. The number of imide groups is 1. The van der Waals surface area contributed by atoms with E-state index in [2.05, 4.69) is 4.90 Å². The number of piperazine rings is 1. The minimum atomic E-state index is -0.412. The summed E-state index contributed by atoms with van der Waals surface area (Å²) in [6, 6.07) is 28.0. The minimum Gasteiger partial charge on any atom is -0.492 e. The first-order chi connectivity index (χ1) is 25.3. The number of para-hydroxylation sites is 3. The molecule has 1 atom stereocenters. The Kier molecular flexibility index (Phi) is 10.3. The number of aromatic nitrogens is 2. The Hall–Kier alpha value is -5.52. The molecule has 5 aromatic rings. The highest BCUT2D eigenvalue weighted by Crippen LogP contribution is 2.32. The van der Waals surface area contributed by atoms with Crippen LogP contribution in [0.3, 0.4) is 0 Å². The van der Waals surface area contributed by atoms with E-state index in [4.69, 9.17) is 26.1 Å². The molecule has 12 heteroatoms. The van der Waals surface area contributed by atoms with Crippen LogP contribution < -0.4 is 15.0 Å². The third kappa shape index (κ3) is 7.02. The van der Waals surface area contributed by atoms with Crippen LogP contribution in [0.2, 0.25) is 5.02 Å². The molecule has 1 saturated heterocycles. The van der Waals surface area contributed by atoms with Crippen molar-refractivity contribution in [2.24, 2.45) is 0 Å². The average molecular weight is 720 g/mol. The number of rotatable bonds is 12. The third-order valence-electron chi connectivity index (χ3n) is 9.53. The predicted molar refractivity (Wildman–Crippen MR) is 197 cm³/mol. The van der Waals surface area contributed by atoms with Crippen LogP contribution in [0.25, 0.3) is 16.6 Å². The largest absolute Gasteiger partial charge is 0.492 e. The summed E-state index contributed by atoms with van der Waals surface area (Å²) in [5, 5.41) is 1.05. The van der Waals surface area contributed by atoms with E-state index in [9.17, 15) is 19.2 Å². The standard InChI is InChI=1S/C40H38ClN5O6/c1-2-51-35-16-8-7-14-33(35)46-37(42-32-13-6-5-12-31(32)40(46)50)34(15-9-21-45-38(48)29-10-3-4-11-30(29)39(45)49)43-22-24-44(25-23-43)36(47)26-52-28-19-17-27(41)18-20-28/h3-8,10-14,16-20,34H,2,9,15,21-26H2,1H3. The molecule has 0 saturated carbocycles. The lowest BCUT2D eigenvalue weighted by atomic mass is 10.1. The number of benzene rings is 4. The number of hydrogen-bond donors (Lipinski definition) is 0. The first-order valence-corrected chi connectivity index (χ1v) is 17.8. The first kappa shape index (κ1) is 34.9. The molecular weight excluding hydrogens is 682 g/mol. The van der Waals surface area contributed by atoms with Gasteiger partial charge in [0, 0.05) is 37.7 Å². The van der Waals surface area contributed by atoms with Gasteiger partial charge in [-0.3, -0.25) is 33.5 Å². The van der Waals surface area contributed by atoms with Crippen LogP contribution in [0.15, 0.2) is 102 Å². The average Bonchev–Trinajstić information content (AvgIpc) is 3.41. The van der Waals surface area contributed by atoms with Gasteiger partial charge in [0.05, 0.1) is 40.4 Å². The van der Waals surface area contributed by atoms with Crippen molar-refractivity contribution >= 4 is 40.2 Å². The van der Waals surface area contributed by atoms with Crippen LogP contribution in [-0.4, -0.2) is 87.9 Å². The van der Waals surface area contributed by atoms with E-state index in [1.807, 2.05) is 49.4 Å². The Labute approximate surface area is 305 Å². The molecular formula is C40H38ClN5O6. The summed E-state index contributed by atoms with van der Waals surface area (Å²) in [7, 11) is 0. The maximum absolute atomic E-state index is 14.4. The van der Waals surface area contributed by atoms with Crippen LogP contribution in [0.1, 0.15) is 52.3 Å². The van der Waals surface area contributed by atoms with E-state index in [1.54, 1.807) is 64.1 Å². The van der Waals surface area contributed by atoms with Crippen LogP contribution in [-0.2, 0) is 4.79 Å². The number of fused-ring (bicyclic) bond motifs is 2. The Morgan fingerprint density at radius 2 is 1.46 bits per heavy atom. The van der Waals surface area contributed by atoms with Gasteiger partial charge in [-0.1, -0.05) is 48.0 Å². The second-order valence-corrected chi connectivity index (χ2v) is 13.1. The van der Waals surface area contributed by atoms with Gasteiger partial charge in [-0.2, -0.15) is 0 Å². The zero-order valence-corrected chi connectivity index (χ0v) is 29.5. The molecule has 0 aliphatic carbocycles. The second kappa shape index (κ2) is 15.4. The number of nitrogens with zero attached hydrogens (tertiary/aromatic N) is 5. The van der Waals surface area contributed by atoms with E-state index in [-0.39, 0.29) is 36.4 Å². The second-order valence-electron chi connectivity index (χ2n) is 12.7. The number of carbonyl (C=O) groups is 3. The zero-order chi connectivity index (χ0) is 36.2. The summed E-state index contributed by atoms with van der Waals surface area (Å²) in [4.78, 5) is 64.5. The molecule has 3 heterocycles. The molecule has 11 nitrogen and oxygen atoms in total. The molecule has 2 aliphatic rings. The van der Waals surface area contributed by atoms with Crippen molar-refractivity contribution in [1.29, 1.82) is 0 Å². The summed E-state index contributed by atoms with van der Waals surface area (Å²) >= 11 is 5.98. The van der Waals surface area contributed by atoms with Gasteiger partial charge in [0.1, 0.15) is 17.3 Å². The van der Waals surface area contributed by atoms with Crippen molar-refractivity contribution in [1.82, 2.24) is 24.3 Å². The molecule has 52 heavy (non-hydrogen) atoms. The van der Waals surface area contributed by atoms with E-state index < -0.39 is 6.04 Å². The lowest BCUT2D eigenvalue weighted by Crippen LogP contribution is -2.51. The highest BCUT2D eigenvalue weighted by atomic mass is 35.5. The fraction of sp³-hybridized carbons (Fsp3) is 0.275. The van der Waals surface area contributed by atoms with Gasteiger partial charge in [0.25, 0.3) is 23.3 Å². The summed E-state index contributed by atoms with van der Waals surface area (Å²) in [6.45, 7) is 4.27. The molecule has 4 aromatic carbocycles. The number of ether oxygens (including phenoxy) is 2. The Balaban J connectivity index is 1.19. The Morgan fingerprint density at radius 1 is 0.808 bits per heavy atom. The molecule has 0 bridgehead atoms. The molecule has 2 aliphatic heterocycles. The number of carbonyl (C=O) groups excluding carboxylic acids is 3. The van der Waals surface area contributed by atoms with Gasteiger partial charge >= 0.3 is 0 Å². The fourth-order valence-electron chi connectivity index (χ4n) is 6.94. The van der Waals surface area contributed by atoms with Crippen molar-refractivity contribution < 1.29 is 23.9 Å². The van der Waals surface area contributed by atoms with E-state index >= 15 is 0 Å². The molecule has 0 radical (unpaired) electrons. The highest BCUT2D eigenvalue weighted by Gasteiger charge is 2.36. The first-order valence-electron chi connectivity index (χ1n) is 17.4. The van der Waals surface area contributed by atoms with Crippen molar-refractivity contribution in [3.8, 4) is 17.2 Å². The van der Waals surface area contributed by atoms with Gasteiger partial charge in [-0.05, 0) is 80.4 Å². The van der Waals surface area contributed by atoms with Gasteiger partial charge in [0.15, 0.2) is 6.61 Å².